The maximum atomic E-state index is 10.2. The van der Waals surface area contributed by atoms with Gasteiger partial charge in [0, 0.05) is 5.02 Å². The molecule has 16 heavy (non-hydrogen) atoms. The molecule has 4 nitrogen and oxygen atoms in total. The number of rotatable bonds is 5. The summed E-state index contributed by atoms with van der Waals surface area (Å²) in [4.78, 5) is 14.9. The Hall–Kier alpha value is -1.55. The highest BCUT2D eigenvalue weighted by Crippen LogP contribution is 2.11. The van der Waals surface area contributed by atoms with E-state index in [-0.39, 0.29) is 0 Å². The summed E-state index contributed by atoms with van der Waals surface area (Å²) in [7, 11) is 0. The molecule has 1 N–H and O–H groups in total. The molecule has 0 heterocycles. The third-order valence-electron chi connectivity index (χ3n) is 1.88. The zero-order valence-electron chi connectivity index (χ0n) is 8.81. The molecule has 0 saturated heterocycles. The van der Waals surface area contributed by atoms with Crippen LogP contribution < -0.4 is 0 Å². The van der Waals surface area contributed by atoms with Gasteiger partial charge < -0.3 is 9.94 Å². The minimum Gasteiger partial charge on any atom is -0.479 e. The van der Waals surface area contributed by atoms with E-state index >= 15 is 0 Å². The van der Waals surface area contributed by atoms with Crippen LogP contribution in [-0.2, 0) is 9.63 Å². The minimum atomic E-state index is -1.05. The molecule has 0 aliphatic carbocycles. The van der Waals surface area contributed by atoms with Crippen LogP contribution in [0, 0.1) is 0 Å². The number of carbonyl (C=O) groups is 1. The van der Waals surface area contributed by atoms with Crippen molar-refractivity contribution < 1.29 is 14.7 Å². The predicted molar refractivity (Wildman–Crippen MR) is 61.9 cm³/mol. The van der Waals surface area contributed by atoms with E-state index < -0.39 is 12.6 Å². The van der Waals surface area contributed by atoms with Gasteiger partial charge in [-0.25, -0.2) is 4.79 Å². The molecule has 0 unspecified atom stereocenters. The zero-order chi connectivity index (χ0) is 12.0. The smallest absolute Gasteiger partial charge is 0.344 e. The van der Waals surface area contributed by atoms with Crippen LogP contribution in [-0.4, -0.2) is 23.4 Å². The number of hydrogen-bond acceptors (Lipinski definition) is 3. The van der Waals surface area contributed by atoms with Gasteiger partial charge in [-0.1, -0.05) is 35.8 Å². The molecule has 0 atom stereocenters. The van der Waals surface area contributed by atoms with Crippen LogP contribution in [0.5, 0.6) is 0 Å². The van der Waals surface area contributed by atoms with Crippen LogP contribution in [0.2, 0.25) is 5.02 Å². The molecule has 86 valence electrons. The molecular weight excluding hydrogens is 230 g/mol. The van der Waals surface area contributed by atoms with Crippen molar-refractivity contribution in [2.45, 2.75) is 13.3 Å². The predicted octanol–water partition coefficient (Wildman–Crippen LogP) is 2.56. The number of benzene rings is 1. The molecule has 0 amide bonds. The first-order valence-electron chi connectivity index (χ1n) is 4.80. The lowest BCUT2D eigenvalue weighted by Gasteiger charge is -2.03. The number of oxime groups is 1. The van der Waals surface area contributed by atoms with Crippen LogP contribution >= 0.6 is 11.6 Å². The van der Waals surface area contributed by atoms with E-state index in [0.717, 1.165) is 5.56 Å². The van der Waals surface area contributed by atoms with Crippen LogP contribution in [0.3, 0.4) is 0 Å². The van der Waals surface area contributed by atoms with Gasteiger partial charge in [0.25, 0.3) is 0 Å². The molecule has 1 aromatic carbocycles. The van der Waals surface area contributed by atoms with Gasteiger partial charge >= 0.3 is 5.97 Å². The van der Waals surface area contributed by atoms with Crippen LogP contribution in [0.15, 0.2) is 29.4 Å². The summed E-state index contributed by atoms with van der Waals surface area (Å²) in [5, 5.41) is 12.8. The number of carboxylic acid groups (broad SMARTS) is 1. The van der Waals surface area contributed by atoms with Gasteiger partial charge in [-0.15, -0.1) is 0 Å². The molecule has 5 heteroatoms. The highest BCUT2D eigenvalue weighted by molar-refractivity contribution is 6.30. The first-order valence-corrected chi connectivity index (χ1v) is 5.18. The summed E-state index contributed by atoms with van der Waals surface area (Å²) >= 11 is 5.76. The molecule has 0 radical (unpaired) electrons. The topological polar surface area (TPSA) is 58.9 Å². The van der Waals surface area contributed by atoms with Crippen molar-refractivity contribution in [3.63, 3.8) is 0 Å². The first kappa shape index (κ1) is 12.5. The Morgan fingerprint density at radius 2 is 2.06 bits per heavy atom. The normalized spacial score (nSPS) is 11.2. The molecule has 0 aromatic heterocycles. The van der Waals surface area contributed by atoms with E-state index in [4.69, 9.17) is 16.7 Å². The largest absolute Gasteiger partial charge is 0.479 e. The third-order valence-corrected chi connectivity index (χ3v) is 2.13. The Labute approximate surface area is 98.5 Å². The second-order valence-corrected chi connectivity index (χ2v) is 3.50. The second-order valence-electron chi connectivity index (χ2n) is 3.07. The van der Waals surface area contributed by atoms with Gasteiger partial charge in [-0.3, -0.25) is 0 Å². The van der Waals surface area contributed by atoms with E-state index in [2.05, 4.69) is 9.99 Å². The lowest BCUT2D eigenvalue weighted by molar-refractivity contribution is -0.142. The van der Waals surface area contributed by atoms with Crippen molar-refractivity contribution in [3.8, 4) is 0 Å². The number of aliphatic carboxylic acids is 1. The summed E-state index contributed by atoms with van der Waals surface area (Å²) in [6.07, 6.45) is 0.654. The fraction of sp³-hybridized carbons (Fsp3) is 0.273. The van der Waals surface area contributed by atoms with Crippen molar-refractivity contribution in [1.82, 2.24) is 0 Å². The molecule has 0 aliphatic rings. The van der Waals surface area contributed by atoms with E-state index in [9.17, 15) is 4.79 Å². The fourth-order valence-electron chi connectivity index (χ4n) is 1.13. The van der Waals surface area contributed by atoms with Crippen molar-refractivity contribution in [1.29, 1.82) is 0 Å². The summed E-state index contributed by atoms with van der Waals surface area (Å²) in [5.74, 6) is -1.05. The van der Waals surface area contributed by atoms with E-state index in [1.165, 1.54) is 0 Å². The lowest BCUT2D eigenvalue weighted by Crippen LogP contribution is -2.06. The average Bonchev–Trinajstić information content (AvgIpc) is 2.26. The molecule has 1 rings (SSSR count). The van der Waals surface area contributed by atoms with Crippen LogP contribution in [0.25, 0.3) is 0 Å². The second kappa shape index (κ2) is 6.12. The van der Waals surface area contributed by atoms with Gasteiger partial charge in [0.2, 0.25) is 6.61 Å². The van der Waals surface area contributed by atoms with Crippen LogP contribution in [0.1, 0.15) is 18.9 Å². The summed E-state index contributed by atoms with van der Waals surface area (Å²) < 4.78 is 0. The van der Waals surface area contributed by atoms with Crippen molar-refractivity contribution in [3.05, 3.63) is 34.9 Å². The number of hydrogen-bond donors (Lipinski definition) is 1. The Morgan fingerprint density at radius 3 is 2.56 bits per heavy atom. The van der Waals surface area contributed by atoms with Gasteiger partial charge in [-0.2, -0.15) is 0 Å². The van der Waals surface area contributed by atoms with E-state index in [1.807, 2.05) is 19.1 Å². The number of nitrogens with zero attached hydrogens (tertiary/aromatic N) is 1. The SMILES string of the molecule is CC/C(=N\OCC(=O)O)c1ccc(Cl)cc1. The summed E-state index contributed by atoms with van der Waals surface area (Å²) in [5.41, 5.74) is 1.57. The monoisotopic (exact) mass is 241 g/mol. The van der Waals surface area contributed by atoms with Gasteiger partial charge in [0.15, 0.2) is 0 Å². The molecule has 0 fully saturated rings. The molecule has 0 bridgehead atoms. The quantitative estimate of drug-likeness (QED) is 0.637. The van der Waals surface area contributed by atoms with Crippen molar-refractivity contribution in [2.75, 3.05) is 6.61 Å². The first-order chi connectivity index (χ1) is 7.63. The lowest BCUT2D eigenvalue weighted by atomic mass is 10.1. The van der Waals surface area contributed by atoms with E-state index in [1.54, 1.807) is 12.1 Å². The molecule has 1 aromatic rings. The molecule has 0 saturated carbocycles. The van der Waals surface area contributed by atoms with Gasteiger partial charge in [-0.05, 0) is 24.1 Å². The van der Waals surface area contributed by atoms with Gasteiger partial charge in [0.1, 0.15) is 0 Å². The standard InChI is InChI=1S/C11H12ClNO3/c1-2-10(13-16-7-11(14)15)8-3-5-9(12)6-4-8/h3-6H,2,7H2,1H3,(H,14,15)/b13-10+. The third kappa shape index (κ3) is 3.90. The Balaban J connectivity index is 2.73. The molecular formula is C11H12ClNO3. The highest BCUT2D eigenvalue weighted by Gasteiger charge is 2.02. The Morgan fingerprint density at radius 1 is 1.44 bits per heavy atom. The van der Waals surface area contributed by atoms with Crippen molar-refractivity contribution >= 4 is 23.3 Å². The maximum absolute atomic E-state index is 10.2. The summed E-state index contributed by atoms with van der Waals surface area (Å²) in [6, 6.07) is 7.13. The van der Waals surface area contributed by atoms with Gasteiger partial charge in [0.05, 0.1) is 5.71 Å². The van der Waals surface area contributed by atoms with Crippen LogP contribution in [0.4, 0.5) is 0 Å². The summed E-state index contributed by atoms with van der Waals surface area (Å²) in [6.45, 7) is 1.48. The Bertz CT molecular complexity index is 387. The fourth-order valence-corrected chi connectivity index (χ4v) is 1.26. The maximum Gasteiger partial charge on any atom is 0.344 e. The van der Waals surface area contributed by atoms with Crippen molar-refractivity contribution in [2.24, 2.45) is 5.16 Å². The van der Waals surface area contributed by atoms with E-state index in [0.29, 0.717) is 17.2 Å². The number of carboxylic acids is 1. The minimum absolute atomic E-state index is 0.433. The number of halogens is 1. The average molecular weight is 242 g/mol. The molecule has 0 spiro atoms. The zero-order valence-corrected chi connectivity index (χ0v) is 9.57. The highest BCUT2D eigenvalue weighted by atomic mass is 35.5. The Kier molecular flexibility index (Phi) is 4.79. The molecule has 0 aliphatic heterocycles.